The van der Waals surface area contributed by atoms with Crippen molar-refractivity contribution < 1.29 is 9.59 Å². The lowest BCUT2D eigenvalue weighted by Crippen LogP contribution is -2.40. The number of hydrogen-bond acceptors (Lipinski definition) is 4. The van der Waals surface area contributed by atoms with Gasteiger partial charge in [0.2, 0.25) is 11.8 Å². The van der Waals surface area contributed by atoms with Gasteiger partial charge in [0.25, 0.3) is 0 Å². The summed E-state index contributed by atoms with van der Waals surface area (Å²) in [6.07, 6.45) is 4.45. The molecule has 0 spiro atoms. The zero-order valence-corrected chi connectivity index (χ0v) is 13.1. The number of likely N-dealkylation sites (N-methyl/N-ethyl adjacent to an activating group) is 1. The third-order valence-electron chi connectivity index (χ3n) is 3.99. The van der Waals surface area contributed by atoms with Crippen LogP contribution in [-0.4, -0.2) is 72.4 Å². The number of hydrogen-bond donors (Lipinski definition) is 1. The van der Waals surface area contributed by atoms with E-state index in [4.69, 9.17) is 0 Å². The Balaban J connectivity index is 1.66. The van der Waals surface area contributed by atoms with Crippen LogP contribution < -0.4 is 5.32 Å². The number of nitrogens with zero attached hydrogens (tertiary/aromatic N) is 2. The molecule has 1 N–H and O–H groups in total. The number of rotatable bonds is 5. The molecular weight excluding hydrogens is 274 g/mol. The van der Waals surface area contributed by atoms with Crippen LogP contribution in [0, 0.1) is 0 Å². The topological polar surface area (TPSA) is 52.7 Å². The van der Waals surface area contributed by atoms with E-state index in [1.165, 1.54) is 0 Å². The molecule has 0 aromatic rings. The van der Waals surface area contributed by atoms with Gasteiger partial charge in [0, 0.05) is 25.4 Å². The van der Waals surface area contributed by atoms with Crippen LogP contribution in [0.25, 0.3) is 0 Å². The van der Waals surface area contributed by atoms with Gasteiger partial charge in [-0.2, -0.15) is 0 Å². The highest BCUT2D eigenvalue weighted by atomic mass is 32.2. The summed E-state index contributed by atoms with van der Waals surface area (Å²) in [5.41, 5.74) is 0. The molecule has 0 aromatic heterocycles. The van der Waals surface area contributed by atoms with Gasteiger partial charge in [-0.05, 0) is 38.8 Å². The van der Waals surface area contributed by atoms with Crippen molar-refractivity contribution in [2.45, 2.75) is 30.9 Å². The monoisotopic (exact) mass is 299 g/mol. The fourth-order valence-corrected chi connectivity index (χ4v) is 3.79. The second-order valence-corrected chi connectivity index (χ2v) is 6.89. The molecule has 5 nitrogen and oxygen atoms in total. The highest BCUT2D eigenvalue weighted by Crippen LogP contribution is 2.20. The quantitative estimate of drug-likeness (QED) is 0.806. The molecule has 0 aliphatic carbocycles. The fourth-order valence-electron chi connectivity index (χ4n) is 2.62. The summed E-state index contributed by atoms with van der Waals surface area (Å²) in [6.45, 7) is 4.03. The van der Waals surface area contributed by atoms with Crippen molar-refractivity contribution in [3.05, 3.63) is 0 Å². The Hall–Kier alpha value is -0.750. The Morgan fingerprint density at radius 3 is 2.55 bits per heavy atom. The van der Waals surface area contributed by atoms with E-state index in [0.717, 1.165) is 51.9 Å². The van der Waals surface area contributed by atoms with Crippen molar-refractivity contribution in [1.29, 1.82) is 0 Å². The molecule has 0 atom stereocenters. The van der Waals surface area contributed by atoms with Gasteiger partial charge in [-0.25, -0.2) is 0 Å². The third-order valence-corrected chi connectivity index (χ3v) is 5.34. The molecule has 0 unspecified atom stereocenters. The first kappa shape index (κ1) is 15.6. The Morgan fingerprint density at radius 2 is 1.90 bits per heavy atom. The van der Waals surface area contributed by atoms with E-state index in [2.05, 4.69) is 5.32 Å². The summed E-state index contributed by atoms with van der Waals surface area (Å²) in [4.78, 5) is 27.5. The fraction of sp³-hybridized carbons (Fsp3) is 0.857. The molecule has 2 aliphatic rings. The largest absolute Gasteiger partial charge is 0.341 e. The van der Waals surface area contributed by atoms with Gasteiger partial charge >= 0.3 is 0 Å². The number of likely N-dealkylation sites (tertiary alicyclic amines) is 1. The first-order valence-corrected chi connectivity index (χ1v) is 8.56. The summed E-state index contributed by atoms with van der Waals surface area (Å²) in [6, 6.07) is 0. The zero-order chi connectivity index (χ0) is 14.4. The van der Waals surface area contributed by atoms with Gasteiger partial charge < -0.3 is 15.1 Å². The van der Waals surface area contributed by atoms with Crippen LogP contribution in [0.15, 0.2) is 0 Å². The standard InChI is InChI=1S/C14H25N3O2S/c1-16(10-13(18)17-8-2-3-9-17)14(19)11-20-12-4-6-15-7-5-12/h12,15H,2-11H2,1H3. The van der Waals surface area contributed by atoms with Crippen LogP contribution in [0.2, 0.25) is 0 Å². The molecule has 2 saturated heterocycles. The maximum absolute atomic E-state index is 12.1. The van der Waals surface area contributed by atoms with Crippen LogP contribution in [0.1, 0.15) is 25.7 Å². The molecule has 0 radical (unpaired) electrons. The molecule has 2 heterocycles. The zero-order valence-electron chi connectivity index (χ0n) is 12.3. The van der Waals surface area contributed by atoms with Crippen molar-refractivity contribution >= 4 is 23.6 Å². The number of carbonyl (C=O) groups is 2. The number of carbonyl (C=O) groups excluding carboxylic acids is 2. The van der Waals surface area contributed by atoms with Crippen molar-refractivity contribution in [2.24, 2.45) is 0 Å². The van der Waals surface area contributed by atoms with Crippen molar-refractivity contribution in [1.82, 2.24) is 15.1 Å². The molecule has 2 rings (SSSR count). The van der Waals surface area contributed by atoms with Crippen LogP contribution >= 0.6 is 11.8 Å². The average molecular weight is 299 g/mol. The van der Waals surface area contributed by atoms with Crippen molar-refractivity contribution in [3.8, 4) is 0 Å². The van der Waals surface area contributed by atoms with E-state index in [1.54, 1.807) is 23.7 Å². The summed E-state index contributed by atoms with van der Waals surface area (Å²) in [7, 11) is 1.74. The molecule has 20 heavy (non-hydrogen) atoms. The third kappa shape index (κ3) is 4.66. The summed E-state index contributed by atoms with van der Waals surface area (Å²) in [5, 5.41) is 3.91. The van der Waals surface area contributed by atoms with Crippen LogP contribution in [0.5, 0.6) is 0 Å². The smallest absolute Gasteiger partial charge is 0.242 e. The Kier molecular flexibility index (Phi) is 6.16. The molecule has 114 valence electrons. The van der Waals surface area contributed by atoms with E-state index < -0.39 is 0 Å². The molecule has 0 bridgehead atoms. The first-order valence-electron chi connectivity index (χ1n) is 7.51. The molecule has 6 heteroatoms. The van der Waals surface area contributed by atoms with Crippen molar-refractivity contribution in [3.63, 3.8) is 0 Å². The van der Waals surface area contributed by atoms with Gasteiger partial charge in [0.05, 0.1) is 12.3 Å². The lowest BCUT2D eigenvalue weighted by Gasteiger charge is -2.24. The summed E-state index contributed by atoms with van der Waals surface area (Å²) < 4.78 is 0. The normalized spacial score (nSPS) is 20.1. The number of piperidine rings is 1. The maximum Gasteiger partial charge on any atom is 0.242 e. The molecule has 2 fully saturated rings. The second kappa shape index (κ2) is 7.88. The maximum atomic E-state index is 12.1. The second-order valence-electron chi connectivity index (χ2n) is 5.60. The lowest BCUT2D eigenvalue weighted by atomic mass is 10.2. The van der Waals surface area contributed by atoms with Gasteiger partial charge in [-0.1, -0.05) is 0 Å². The van der Waals surface area contributed by atoms with Crippen molar-refractivity contribution in [2.75, 3.05) is 45.5 Å². The molecule has 2 amide bonds. The SMILES string of the molecule is CN(CC(=O)N1CCCC1)C(=O)CSC1CCNCC1. The Bertz CT molecular complexity index is 339. The molecular formula is C14H25N3O2S. The first-order chi connectivity index (χ1) is 9.66. The molecule has 0 saturated carbocycles. The van der Waals surface area contributed by atoms with Crippen LogP contribution in [0.3, 0.4) is 0 Å². The Morgan fingerprint density at radius 1 is 1.25 bits per heavy atom. The molecule has 0 aromatic carbocycles. The number of nitrogens with one attached hydrogen (secondary N) is 1. The van der Waals surface area contributed by atoms with Crippen LogP contribution in [0.4, 0.5) is 0 Å². The minimum Gasteiger partial charge on any atom is -0.341 e. The number of thioether (sulfide) groups is 1. The predicted molar refractivity (Wildman–Crippen MR) is 81.8 cm³/mol. The minimum atomic E-state index is 0.0704. The van der Waals surface area contributed by atoms with E-state index in [-0.39, 0.29) is 18.4 Å². The average Bonchev–Trinajstić information content (AvgIpc) is 3.00. The van der Waals surface area contributed by atoms with E-state index in [0.29, 0.717) is 11.0 Å². The Labute approximate surface area is 125 Å². The van der Waals surface area contributed by atoms with E-state index in [9.17, 15) is 9.59 Å². The summed E-state index contributed by atoms with van der Waals surface area (Å²) >= 11 is 1.74. The minimum absolute atomic E-state index is 0.0704. The van der Waals surface area contributed by atoms with E-state index >= 15 is 0 Å². The van der Waals surface area contributed by atoms with Gasteiger partial charge in [-0.3, -0.25) is 9.59 Å². The van der Waals surface area contributed by atoms with E-state index in [1.807, 2.05) is 4.90 Å². The predicted octanol–water partition coefficient (Wildman–Crippen LogP) is 0.552. The summed E-state index contributed by atoms with van der Waals surface area (Å²) in [5.74, 6) is 0.653. The van der Waals surface area contributed by atoms with Gasteiger partial charge in [-0.15, -0.1) is 11.8 Å². The highest BCUT2D eigenvalue weighted by Gasteiger charge is 2.22. The number of amides is 2. The lowest BCUT2D eigenvalue weighted by molar-refractivity contribution is -0.137. The van der Waals surface area contributed by atoms with Gasteiger partial charge in [0.1, 0.15) is 0 Å². The van der Waals surface area contributed by atoms with Crippen LogP contribution in [-0.2, 0) is 9.59 Å². The highest BCUT2D eigenvalue weighted by molar-refractivity contribution is 8.00. The van der Waals surface area contributed by atoms with Gasteiger partial charge in [0.15, 0.2) is 0 Å². The molecule has 2 aliphatic heterocycles.